The molecule has 3 heteroatoms. The zero-order valence-electron chi connectivity index (χ0n) is 5.55. The largest absolute Gasteiger partial charge is 0.326 e. The van der Waals surface area contributed by atoms with Crippen molar-refractivity contribution in [2.45, 2.75) is 0 Å². The first-order valence-corrected chi connectivity index (χ1v) is 2.84. The summed E-state index contributed by atoms with van der Waals surface area (Å²) >= 11 is 0. The number of hydrogen-bond acceptors (Lipinski definition) is 3. The first-order chi connectivity index (χ1) is 4.35. The summed E-state index contributed by atoms with van der Waals surface area (Å²) in [7, 11) is 1.81. The van der Waals surface area contributed by atoms with Gasteiger partial charge in [0.15, 0.2) is 0 Å². The Kier molecular flexibility index (Phi) is 5.06. The van der Waals surface area contributed by atoms with Crippen molar-refractivity contribution in [1.82, 2.24) is 5.32 Å². The predicted octanol–water partition coefficient (Wildman–Crippen LogP) is -0.710. The third-order valence-corrected chi connectivity index (χ3v) is 0.955. The van der Waals surface area contributed by atoms with E-state index in [0.717, 1.165) is 6.29 Å². The molecule has 52 valence electrons. The van der Waals surface area contributed by atoms with E-state index in [9.17, 15) is 4.79 Å². The fraction of sp³-hybridized carbons (Fsp3) is 0.500. The molecule has 0 atom stereocenters. The SMILES string of the molecule is CNC/C=C(\C=O)CN. The lowest BCUT2D eigenvalue weighted by Crippen LogP contribution is -2.09. The normalized spacial score (nSPS) is 11.6. The van der Waals surface area contributed by atoms with Crippen LogP contribution < -0.4 is 11.1 Å². The minimum absolute atomic E-state index is 0.325. The van der Waals surface area contributed by atoms with E-state index in [0.29, 0.717) is 18.7 Å². The highest BCUT2D eigenvalue weighted by Gasteiger charge is 1.86. The lowest BCUT2D eigenvalue weighted by atomic mass is 10.3. The van der Waals surface area contributed by atoms with Crippen molar-refractivity contribution >= 4 is 6.29 Å². The van der Waals surface area contributed by atoms with E-state index in [4.69, 9.17) is 5.73 Å². The van der Waals surface area contributed by atoms with Crippen LogP contribution in [0.1, 0.15) is 0 Å². The van der Waals surface area contributed by atoms with E-state index in [-0.39, 0.29) is 0 Å². The number of aldehydes is 1. The third-order valence-electron chi connectivity index (χ3n) is 0.955. The lowest BCUT2D eigenvalue weighted by Gasteiger charge is -1.92. The van der Waals surface area contributed by atoms with Gasteiger partial charge in [0.2, 0.25) is 0 Å². The number of nitrogens with one attached hydrogen (secondary N) is 1. The van der Waals surface area contributed by atoms with Crippen LogP contribution in [-0.4, -0.2) is 26.4 Å². The van der Waals surface area contributed by atoms with Gasteiger partial charge in [-0.2, -0.15) is 0 Å². The van der Waals surface area contributed by atoms with Crippen molar-refractivity contribution in [3.05, 3.63) is 11.6 Å². The van der Waals surface area contributed by atoms with Crippen LogP contribution in [0, 0.1) is 0 Å². The van der Waals surface area contributed by atoms with E-state index in [1.54, 1.807) is 6.08 Å². The van der Waals surface area contributed by atoms with Crippen molar-refractivity contribution < 1.29 is 4.79 Å². The summed E-state index contributed by atoms with van der Waals surface area (Å²) in [6, 6.07) is 0. The second kappa shape index (κ2) is 5.47. The quantitative estimate of drug-likeness (QED) is 0.388. The number of carbonyl (C=O) groups is 1. The molecule has 3 nitrogen and oxygen atoms in total. The van der Waals surface area contributed by atoms with Crippen molar-refractivity contribution in [2.24, 2.45) is 5.73 Å². The predicted molar refractivity (Wildman–Crippen MR) is 37.1 cm³/mol. The van der Waals surface area contributed by atoms with Crippen LogP contribution in [-0.2, 0) is 4.79 Å². The van der Waals surface area contributed by atoms with Crippen molar-refractivity contribution in [3.8, 4) is 0 Å². The van der Waals surface area contributed by atoms with E-state index < -0.39 is 0 Å². The average molecular weight is 128 g/mol. The molecule has 0 saturated heterocycles. The number of carbonyl (C=O) groups excluding carboxylic acids is 1. The summed E-state index contributed by atoms with van der Waals surface area (Å²) in [5.41, 5.74) is 5.84. The molecule has 0 saturated carbocycles. The van der Waals surface area contributed by atoms with Gasteiger partial charge in [0.1, 0.15) is 6.29 Å². The van der Waals surface area contributed by atoms with Crippen LogP contribution in [0.25, 0.3) is 0 Å². The molecule has 0 aromatic rings. The van der Waals surface area contributed by atoms with Crippen LogP contribution in [0.2, 0.25) is 0 Å². The maximum absolute atomic E-state index is 10.1. The molecule has 0 fully saturated rings. The average Bonchev–Trinajstić information content (AvgIpc) is 1.91. The summed E-state index contributed by atoms with van der Waals surface area (Å²) < 4.78 is 0. The Hall–Kier alpha value is -0.670. The molecule has 0 aliphatic rings. The lowest BCUT2D eigenvalue weighted by molar-refractivity contribution is -0.104. The Labute approximate surface area is 54.9 Å². The van der Waals surface area contributed by atoms with Gasteiger partial charge in [0.25, 0.3) is 0 Å². The van der Waals surface area contributed by atoms with Crippen LogP contribution >= 0.6 is 0 Å². The Balaban J connectivity index is 3.61. The van der Waals surface area contributed by atoms with Gasteiger partial charge < -0.3 is 11.1 Å². The first-order valence-electron chi connectivity index (χ1n) is 2.84. The number of likely N-dealkylation sites (N-methyl/N-ethyl adjacent to an activating group) is 1. The summed E-state index contributed by atoms with van der Waals surface area (Å²) in [6.45, 7) is 1.02. The minimum Gasteiger partial charge on any atom is -0.326 e. The maximum atomic E-state index is 10.1. The van der Waals surface area contributed by atoms with E-state index in [2.05, 4.69) is 5.32 Å². The molecule has 0 unspecified atom stereocenters. The van der Waals surface area contributed by atoms with Crippen LogP contribution in [0.15, 0.2) is 11.6 Å². The number of rotatable bonds is 4. The zero-order chi connectivity index (χ0) is 7.11. The molecule has 0 aliphatic carbocycles. The highest BCUT2D eigenvalue weighted by atomic mass is 16.1. The summed E-state index contributed by atoms with van der Waals surface area (Å²) in [5, 5.41) is 2.88. The molecule has 9 heavy (non-hydrogen) atoms. The van der Waals surface area contributed by atoms with Gasteiger partial charge in [0.05, 0.1) is 0 Å². The van der Waals surface area contributed by atoms with E-state index >= 15 is 0 Å². The molecule has 0 aliphatic heterocycles. The maximum Gasteiger partial charge on any atom is 0.147 e. The molecule has 3 N–H and O–H groups in total. The fourth-order valence-electron chi connectivity index (χ4n) is 0.413. The Morgan fingerprint density at radius 3 is 2.78 bits per heavy atom. The molecule has 0 radical (unpaired) electrons. The summed E-state index contributed by atoms with van der Waals surface area (Å²) in [4.78, 5) is 10.1. The summed E-state index contributed by atoms with van der Waals surface area (Å²) in [6.07, 6.45) is 2.55. The van der Waals surface area contributed by atoms with Gasteiger partial charge >= 0.3 is 0 Å². The van der Waals surface area contributed by atoms with Crippen molar-refractivity contribution in [2.75, 3.05) is 20.1 Å². The van der Waals surface area contributed by atoms with E-state index in [1.807, 2.05) is 7.05 Å². The first kappa shape index (κ1) is 8.33. The Morgan fingerprint density at radius 2 is 2.44 bits per heavy atom. The van der Waals surface area contributed by atoms with Gasteiger partial charge in [-0.15, -0.1) is 0 Å². The molecule has 0 heterocycles. The van der Waals surface area contributed by atoms with E-state index in [1.165, 1.54) is 0 Å². The molecule has 0 spiro atoms. The Morgan fingerprint density at radius 1 is 1.78 bits per heavy atom. The highest BCUT2D eigenvalue weighted by Crippen LogP contribution is 1.81. The summed E-state index contributed by atoms with van der Waals surface area (Å²) in [5.74, 6) is 0. The molecule has 0 aromatic carbocycles. The standard InChI is InChI=1S/C6H12N2O/c1-8-3-2-6(4-7)5-9/h2,5,8H,3-4,7H2,1H3/b6-2-. The van der Waals surface area contributed by atoms with Gasteiger partial charge in [0, 0.05) is 18.7 Å². The number of nitrogens with two attached hydrogens (primary N) is 1. The van der Waals surface area contributed by atoms with Crippen molar-refractivity contribution in [3.63, 3.8) is 0 Å². The second-order valence-electron chi connectivity index (χ2n) is 1.66. The topological polar surface area (TPSA) is 55.1 Å². The van der Waals surface area contributed by atoms with Crippen molar-refractivity contribution in [1.29, 1.82) is 0 Å². The Bertz CT molecular complexity index is 110. The molecular weight excluding hydrogens is 116 g/mol. The molecular formula is C6H12N2O. The third kappa shape index (κ3) is 3.88. The van der Waals surface area contributed by atoms with Gasteiger partial charge in [-0.3, -0.25) is 4.79 Å². The smallest absolute Gasteiger partial charge is 0.147 e. The van der Waals surface area contributed by atoms with Gasteiger partial charge in [-0.05, 0) is 7.05 Å². The number of hydrogen-bond donors (Lipinski definition) is 2. The monoisotopic (exact) mass is 128 g/mol. The van der Waals surface area contributed by atoms with Gasteiger partial charge in [-0.1, -0.05) is 6.08 Å². The van der Waals surface area contributed by atoms with Gasteiger partial charge in [-0.25, -0.2) is 0 Å². The van der Waals surface area contributed by atoms with Crippen LogP contribution in [0.3, 0.4) is 0 Å². The highest BCUT2D eigenvalue weighted by molar-refractivity contribution is 5.73. The molecule has 0 aromatic heterocycles. The molecule has 0 bridgehead atoms. The zero-order valence-corrected chi connectivity index (χ0v) is 5.55. The minimum atomic E-state index is 0.325. The molecule has 0 amide bonds. The van der Waals surface area contributed by atoms with Crippen LogP contribution in [0.4, 0.5) is 0 Å². The molecule has 0 rings (SSSR count). The van der Waals surface area contributed by atoms with Crippen LogP contribution in [0.5, 0.6) is 0 Å². The second-order valence-corrected chi connectivity index (χ2v) is 1.66. The fourth-order valence-corrected chi connectivity index (χ4v) is 0.413.